The first-order valence-corrected chi connectivity index (χ1v) is 5.87. The van der Waals surface area contributed by atoms with Gasteiger partial charge in [-0.05, 0) is 6.07 Å². The number of ketones is 1. The van der Waals surface area contributed by atoms with E-state index < -0.39 is 0 Å². The van der Waals surface area contributed by atoms with Gasteiger partial charge in [-0.15, -0.1) is 0 Å². The van der Waals surface area contributed by atoms with Gasteiger partial charge < -0.3 is 9.47 Å². The van der Waals surface area contributed by atoms with Crippen LogP contribution in [0.15, 0.2) is 35.5 Å². The highest BCUT2D eigenvalue weighted by molar-refractivity contribution is 5.95. The van der Waals surface area contributed by atoms with Crippen molar-refractivity contribution in [2.45, 2.75) is 6.54 Å². The number of hydrogen-bond acceptors (Lipinski definition) is 4. The smallest absolute Gasteiger partial charge is 0.269 e. The van der Waals surface area contributed by atoms with E-state index in [-0.39, 0.29) is 17.9 Å². The van der Waals surface area contributed by atoms with Crippen molar-refractivity contribution in [3.05, 3.63) is 46.6 Å². The number of anilines is 1. The first-order chi connectivity index (χ1) is 8.97. The third kappa shape index (κ3) is 2.90. The number of rotatable bonds is 4. The predicted molar refractivity (Wildman–Crippen MR) is 72.6 cm³/mol. The first kappa shape index (κ1) is 13.1. The van der Waals surface area contributed by atoms with Gasteiger partial charge in [-0.3, -0.25) is 9.59 Å². The van der Waals surface area contributed by atoms with E-state index in [1.54, 1.807) is 34.1 Å². The van der Waals surface area contributed by atoms with Crippen LogP contribution in [-0.4, -0.2) is 34.2 Å². The second-order valence-electron chi connectivity index (χ2n) is 4.59. The normalized spacial score (nSPS) is 10.5. The lowest BCUT2D eigenvalue weighted by Crippen LogP contribution is -2.27. The standard InChI is InChI=1S/C13H16N4O2/c1-15(2)11-6-13(19)17(14-7-11)9-12(18)10-4-5-16(3)8-10/h4-8H,9H2,1-3H3. The fourth-order valence-electron chi connectivity index (χ4n) is 1.68. The molecule has 0 fully saturated rings. The summed E-state index contributed by atoms with van der Waals surface area (Å²) >= 11 is 0. The van der Waals surface area contributed by atoms with E-state index in [0.717, 1.165) is 0 Å². The van der Waals surface area contributed by atoms with Gasteiger partial charge in [-0.1, -0.05) is 0 Å². The monoisotopic (exact) mass is 260 g/mol. The van der Waals surface area contributed by atoms with Crippen LogP contribution in [0.5, 0.6) is 0 Å². The summed E-state index contributed by atoms with van der Waals surface area (Å²) in [6.45, 7) is -0.0451. The van der Waals surface area contributed by atoms with Crippen LogP contribution in [-0.2, 0) is 13.6 Å². The summed E-state index contributed by atoms with van der Waals surface area (Å²) in [6.07, 6.45) is 5.08. The molecule has 0 aromatic carbocycles. The van der Waals surface area contributed by atoms with Gasteiger partial charge in [-0.2, -0.15) is 5.10 Å². The lowest BCUT2D eigenvalue weighted by Gasteiger charge is -2.11. The predicted octanol–water partition coefficient (Wildman–Crippen LogP) is 0.531. The van der Waals surface area contributed by atoms with Crippen molar-refractivity contribution in [3.63, 3.8) is 0 Å². The van der Waals surface area contributed by atoms with Crippen molar-refractivity contribution < 1.29 is 4.79 Å². The highest BCUT2D eigenvalue weighted by atomic mass is 16.1. The van der Waals surface area contributed by atoms with E-state index in [0.29, 0.717) is 11.3 Å². The lowest BCUT2D eigenvalue weighted by atomic mass is 10.2. The third-order valence-corrected chi connectivity index (χ3v) is 2.82. The Morgan fingerprint density at radius 3 is 2.68 bits per heavy atom. The molecule has 0 aliphatic rings. The third-order valence-electron chi connectivity index (χ3n) is 2.82. The van der Waals surface area contributed by atoms with Crippen LogP contribution in [0, 0.1) is 0 Å². The molecular weight excluding hydrogens is 244 g/mol. The van der Waals surface area contributed by atoms with Gasteiger partial charge in [0.2, 0.25) is 0 Å². The molecule has 6 nitrogen and oxygen atoms in total. The summed E-state index contributed by atoms with van der Waals surface area (Å²) < 4.78 is 2.96. The van der Waals surface area contributed by atoms with E-state index in [2.05, 4.69) is 5.10 Å². The molecular formula is C13H16N4O2. The van der Waals surface area contributed by atoms with Crippen molar-refractivity contribution in [2.24, 2.45) is 7.05 Å². The fraction of sp³-hybridized carbons (Fsp3) is 0.308. The SMILES string of the molecule is CN(C)c1cnn(CC(=O)c2ccn(C)c2)c(=O)c1. The van der Waals surface area contributed by atoms with Gasteiger partial charge in [0, 0.05) is 45.2 Å². The lowest BCUT2D eigenvalue weighted by molar-refractivity contribution is 0.0965. The molecule has 6 heteroatoms. The number of Topliss-reactive ketones (excluding diaryl/α,β-unsaturated/α-hetero) is 1. The molecule has 0 spiro atoms. The summed E-state index contributed by atoms with van der Waals surface area (Å²) in [5.74, 6) is -0.132. The number of carbonyl (C=O) groups is 1. The van der Waals surface area contributed by atoms with Crippen LogP contribution in [0.3, 0.4) is 0 Å². The molecule has 0 saturated heterocycles. The second-order valence-corrected chi connectivity index (χ2v) is 4.59. The molecule has 0 aliphatic heterocycles. The van der Waals surface area contributed by atoms with Crippen molar-refractivity contribution in [1.82, 2.24) is 14.3 Å². The van der Waals surface area contributed by atoms with Gasteiger partial charge in [-0.25, -0.2) is 4.68 Å². The van der Waals surface area contributed by atoms with Crippen LogP contribution in [0.4, 0.5) is 5.69 Å². The van der Waals surface area contributed by atoms with Gasteiger partial charge in [0.25, 0.3) is 5.56 Å². The molecule has 0 N–H and O–H groups in total. The van der Waals surface area contributed by atoms with Crippen LogP contribution in [0.2, 0.25) is 0 Å². The van der Waals surface area contributed by atoms with Crippen LogP contribution in [0.25, 0.3) is 0 Å². The zero-order valence-corrected chi connectivity index (χ0v) is 11.2. The van der Waals surface area contributed by atoms with E-state index in [1.165, 1.54) is 10.7 Å². The summed E-state index contributed by atoms with van der Waals surface area (Å²) in [7, 11) is 5.50. The summed E-state index contributed by atoms with van der Waals surface area (Å²) in [6, 6.07) is 3.19. The minimum atomic E-state index is -0.282. The Hall–Kier alpha value is -2.37. The van der Waals surface area contributed by atoms with E-state index in [4.69, 9.17) is 0 Å². The highest BCUT2D eigenvalue weighted by Gasteiger charge is 2.10. The summed E-state index contributed by atoms with van der Waals surface area (Å²) in [5, 5.41) is 4.01. The zero-order valence-electron chi connectivity index (χ0n) is 11.2. The van der Waals surface area contributed by atoms with E-state index in [9.17, 15) is 9.59 Å². The maximum absolute atomic E-state index is 12.0. The minimum Gasteiger partial charge on any atom is -0.376 e. The maximum atomic E-state index is 12.0. The van der Waals surface area contributed by atoms with Gasteiger partial charge in [0.1, 0.15) is 6.54 Å². The molecule has 2 aromatic heterocycles. The first-order valence-electron chi connectivity index (χ1n) is 5.87. The average molecular weight is 260 g/mol. The summed E-state index contributed by atoms with van der Waals surface area (Å²) in [4.78, 5) is 25.6. The van der Waals surface area contributed by atoms with Crippen molar-refractivity contribution in [3.8, 4) is 0 Å². The molecule has 100 valence electrons. The molecule has 19 heavy (non-hydrogen) atoms. The Balaban J connectivity index is 2.20. The van der Waals surface area contributed by atoms with Crippen molar-refractivity contribution in [2.75, 3.05) is 19.0 Å². The van der Waals surface area contributed by atoms with Gasteiger partial charge in [0.15, 0.2) is 5.78 Å². The Morgan fingerprint density at radius 2 is 2.16 bits per heavy atom. The van der Waals surface area contributed by atoms with E-state index in [1.807, 2.05) is 21.1 Å². The molecule has 0 unspecified atom stereocenters. The number of hydrogen-bond donors (Lipinski definition) is 0. The Labute approximate surface area is 110 Å². The van der Waals surface area contributed by atoms with E-state index >= 15 is 0 Å². The molecule has 2 rings (SSSR count). The number of aryl methyl sites for hydroxylation is 1. The molecule has 2 heterocycles. The molecule has 0 bridgehead atoms. The summed E-state index contributed by atoms with van der Waals surface area (Å²) in [5.41, 5.74) is 1.01. The Bertz CT molecular complexity index is 655. The van der Waals surface area contributed by atoms with Crippen molar-refractivity contribution in [1.29, 1.82) is 0 Å². The molecule has 0 aliphatic carbocycles. The quantitative estimate of drug-likeness (QED) is 0.752. The minimum absolute atomic E-state index is 0.0451. The average Bonchev–Trinajstić information content (AvgIpc) is 2.78. The number of nitrogens with zero attached hydrogens (tertiary/aromatic N) is 4. The number of carbonyl (C=O) groups excluding carboxylic acids is 1. The van der Waals surface area contributed by atoms with Crippen LogP contribution < -0.4 is 10.5 Å². The van der Waals surface area contributed by atoms with Crippen molar-refractivity contribution >= 4 is 11.5 Å². The van der Waals surface area contributed by atoms with Gasteiger partial charge >= 0.3 is 0 Å². The van der Waals surface area contributed by atoms with Gasteiger partial charge in [0.05, 0.1) is 11.9 Å². The maximum Gasteiger partial charge on any atom is 0.269 e. The molecule has 2 aromatic rings. The Morgan fingerprint density at radius 1 is 1.42 bits per heavy atom. The largest absolute Gasteiger partial charge is 0.376 e. The molecule has 0 atom stereocenters. The van der Waals surface area contributed by atoms with Crippen LogP contribution >= 0.6 is 0 Å². The molecule has 0 saturated carbocycles. The number of aromatic nitrogens is 3. The molecule has 0 amide bonds. The van der Waals surface area contributed by atoms with Crippen LogP contribution in [0.1, 0.15) is 10.4 Å². The Kier molecular flexibility index (Phi) is 3.50. The zero-order chi connectivity index (χ0) is 14.0. The fourth-order valence-corrected chi connectivity index (χ4v) is 1.68. The second kappa shape index (κ2) is 5.09. The topological polar surface area (TPSA) is 60.1 Å². The molecule has 0 radical (unpaired) electrons. The highest BCUT2D eigenvalue weighted by Crippen LogP contribution is 2.05.